The highest BCUT2D eigenvalue weighted by Crippen LogP contribution is 2.23. The third kappa shape index (κ3) is 3.04. The number of hydrogen-bond acceptors (Lipinski definition) is 4. The van der Waals surface area contributed by atoms with Crippen molar-refractivity contribution in [3.8, 4) is 0 Å². The van der Waals surface area contributed by atoms with Gasteiger partial charge in [-0.3, -0.25) is 0 Å². The second kappa shape index (κ2) is 5.14. The highest BCUT2D eigenvalue weighted by molar-refractivity contribution is 7.09. The number of aromatic carboxylic acids is 1. The molecule has 0 bridgehead atoms. The first-order valence-electron chi connectivity index (χ1n) is 5.96. The van der Waals surface area contributed by atoms with E-state index in [1.54, 1.807) is 5.38 Å². The maximum atomic E-state index is 10.7. The van der Waals surface area contributed by atoms with Gasteiger partial charge in [0.2, 0.25) is 0 Å². The Morgan fingerprint density at radius 2 is 2.35 bits per heavy atom. The summed E-state index contributed by atoms with van der Waals surface area (Å²) in [5, 5.41) is 11.3. The van der Waals surface area contributed by atoms with Crippen LogP contribution in [0.1, 0.15) is 29.3 Å². The Hall–Kier alpha value is -0.940. The van der Waals surface area contributed by atoms with Crippen molar-refractivity contribution in [2.75, 3.05) is 19.6 Å². The Bertz CT molecular complexity index is 397. The first-order valence-corrected chi connectivity index (χ1v) is 6.84. The molecule has 94 valence electrons. The van der Waals surface area contributed by atoms with Gasteiger partial charge >= 0.3 is 5.97 Å². The van der Waals surface area contributed by atoms with Gasteiger partial charge in [-0.05, 0) is 11.8 Å². The van der Waals surface area contributed by atoms with Crippen molar-refractivity contribution < 1.29 is 9.90 Å². The van der Waals surface area contributed by atoms with Crippen LogP contribution < -0.4 is 0 Å². The van der Waals surface area contributed by atoms with Gasteiger partial charge in [-0.25, -0.2) is 9.78 Å². The Morgan fingerprint density at radius 3 is 2.88 bits per heavy atom. The lowest BCUT2D eigenvalue weighted by atomic mass is 9.88. The molecule has 1 saturated heterocycles. The van der Waals surface area contributed by atoms with E-state index in [-0.39, 0.29) is 5.69 Å². The first kappa shape index (κ1) is 12.5. The number of carboxylic acid groups (broad SMARTS) is 1. The Balaban J connectivity index is 1.74. The summed E-state index contributed by atoms with van der Waals surface area (Å²) in [7, 11) is 0. The molecule has 0 atom stereocenters. The standard InChI is InChI=1S/C12H18N2O2S/c1-8(2)9-5-14(6-9)4-3-11-13-10(7-17-11)12(15)16/h7-9H,3-6H2,1-2H3,(H,15,16). The smallest absolute Gasteiger partial charge is 0.355 e. The van der Waals surface area contributed by atoms with E-state index in [1.807, 2.05) is 0 Å². The zero-order valence-electron chi connectivity index (χ0n) is 10.2. The summed E-state index contributed by atoms with van der Waals surface area (Å²) in [5.74, 6) is 0.668. The SMILES string of the molecule is CC(C)C1CN(CCc2nc(C(=O)O)cs2)C1. The number of thiazole rings is 1. The van der Waals surface area contributed by atoms with E-state index < -0.39 is 5.97 Å². The molecule has 0 aliphatic carbocycles. The van der Waals surface area contributed by atoms with Crippen LogP contribution in [-0.2, 0) is 6.42 Å². The highest BCUT2D eigenvalue weighted by atomic mass is 32.1. The number of nitrogens with zero attached hydrogens (tertiary/aromatic N) is 2. The van der Waals surface area contributed by atoms with Crippen LogP contribution in [0.25, 0.3) is 0 Å². The van der Waals surface area contributed by atoms with E-state index >= 15 is 0 Å². The molecule has 2 heterocycles. The minimum absolute atomic E-state index is 0.175. The molecular weight excluding hydrogens is 236 g/mol. The molecule has 1 aliphatic rings. The topological polar surface area (TPSA) is 53.4 Å². The average molecular weight is 254 g/mol. The molecule has 0 unspecified atom stereocenters. The zero-order chi connectivity index (χ0) is 12.4. The molecule has 0 spiro atoms. The van der Waals surface area contributed by atoms with Gasteiger partial charge in [0.25, 0.3) is 0 Å². The van der Waals surface area contributed by atoms with Crippen LogP contribution in [0.5, 0.6) is 0 Å². The molecule has 0 radical (unpaired) electrons. The van der Waals surface area contributed by atoms with Gasteiger partial charge in [0.05, 0.1) is 5.01 Å². The third-order valence-corrected chi connectivity index (χ3v) is 4.25. The van der Waals surface area contributed by atoms with Gasteiger partial charge in [-0.15, -0.1) is 11.3 Å². The number of aromatic nitrogens is 1. The summed E-state index contributed by atoms with van der Waals surface area (Å²) < 4.78 is 0. The van der Waals surface area contributed by atoms with Gasteiger partial charge < -0.3 is 10.0 Å². The monoisotopic (exact) mass is 254 g/mol. The quantitative estimate of drug-likeness (QED) is 0.873. The Kier molecular flexibility index (Phi) is 3.79. The van der Waals surface area contributed by atoms with Gasteiger partial charge in [-0.2, -0.15) is 0 Å². The third-order valence-electron chi connectivity index (χ3n) is 3.34. The van der Waals surface area contributed by atoms with Crippen LogP contribution in [0.4, 0.5) is 0 Å². The maximum absolute atomic E-state index is 10.7. The lowest BCUT2D eigenvalue weighted by Crippen LogP contribution is -2.49. The molecule has 4 nitrogen and oxygen atoms in total. The largest absolute Gasteiger partial charge is 0.476 e. The van der Waals surface area contributed by atoms with Crippen LogP contribution in [-0.4, -0.2) is 40.6 Å². The molecular formula is C12H18N2O2S. The zero-order valence-corrected chi connectivity index (χ0v) is 11.0. The summed E-state index contributed by atoms with van der Waals surface area (Å²) >= 11 is 1.44. The number of rotatable bonds is 5. The van der Waals surface area contributed by atoms with Crippen molar-refractivity contribution >= 4 is 17.3 Å². The molecule has 0 aromatic carbocycles. The number of carboxylic acids is 1. The van der Waals surface area contributed by atoms with E-state index in [2.05, 4.69) is 23.7 Å². The fourth-order valence-corrected chi connectivity index (χ4v) is 2.75. The van der Waals surface area contributed by atoms with Crippen molar-refractivity contribution in [2.45, 2.75) is 20.3 Å². The van der Waals surface area contributed by atoms with Crippen LogP contribution in [0.3, 0.4) is 0 Å². The van der Waals surface area contributed by atoms with Crippen LogP contribution in [0, 0.1) is 11.8 Å². The number of hydrogen-bond donors (Lipinski definition) is 1. The molecule has 1 aromatic rings. The molecule has 1 aromatic heterocycles. The van der Waals surface area contributed by atoms with Gasteiger partial charge in [0.1, 0.15) is 0 Å². The predicted molar refractivity (Wildman–Crippen MR) is 67.5 cm³/mol. The highest BCUT2D eigenvalue weighted by Gasteiger charge is 2.28. The fourth-order valence-electron chi connectivity index (χ4n) is 1.99. The lowest BCUT2D eigenvalue weighted by molar-refractivity contribution is 0.0686. The van der Waals surface area contributed by atoms with Crippen molar-refractivity contribution in [3.05, 3.63) is 16.1 Å². The first-order chi connectivity index (χ1) is 8.06. The van der Waals surface area contributed by atoms with Gasteiger partial charge in [0, 0.05) is 31.4 Å². The lowest BCUT2D eigenvalue weighted by Gasteiger charge is -2.41. The number of likely N-dealkylation sites (tertiary alicyclic amines) is 1. The fraction of sp³-hybridized carbons (Fsp3) is 0.667. The summed E-state index contributed by atoms with van der Waals surface area (Å²) in [4.78, 5) is 17.2. The van der Waals surface area contributed by atoms with E-state index in [0.717, 1.165) is 29.8 Å². The van der Waals surface area contributed by atoms with Crippen molar-refractivity contribution in [1.29, 1.82) is 0 Å². The van der Waals surface area contributed by atoms with E-state index in [9.17, 15) is 4.79 Å². The normalized spacial score (nSPS) is 17.4. The molecule has 1 fully saturated rings. The van der Waals surface area contributed by atoms with Crippen LogP contribution in [0.2, 0.25) is 0 Å². The predicted octanol–water partition coefficient (Wildman–Crippen LogP) is 1.97. The van der Waals surface area contributed by atoms with Crippen LogP contribution >= 0.6 is 11.3 Å². The summed E-state index contributed by atoms with van der Waals surface area (Å²) in [6, 6.07) is 0. The Morgan fingerprint density at radius 1 is 1.65 bits per heavy atom. The average Bonchev–Trinajstić information content (AvgIpc) is 2.63. The minimum Gasteiger partial charge on any atom is -0.476 e. The van der Waals surface area contributed by atoms with Gasteiger partial charge in [0.15, 0.2) is 5.69 Å². The number of carbonyl (C=O) groups is 1. The molecule has 1 aliphatic heterocycles. The van der Waals surface area contributed by atoms with E-state index in [4.69, 9.17) is 5.11 Å². The molecule has 0 amide bonds. The van der Waals surface area contributed by atoms with Crippen molar-refractivity contribution in [1.82, 2.24) is 9.88 Å². The maximum Gasteiger partial charge on any atom is 0.355 e. The van der Waals surface area contributed by atoms with Crippen molar-refractivity contribution in [3.63, 3.8) is 0 Å². The second-order valence-electron chi connectivity index (χ2n) is 4.95. The van der Waals surface area contributed by atoms with Gasteiger partial charge in [-0.1, -0.05) is 13.8 Å². The van der Waals surface area contributed by atoms with E-state index in [0.29, 0.717) is 0 Å². The summed E-state index contributed by atoms with van der Waals surface area (Å²) in [6.07, 6.45) is 0.864. The minimum atomic E-state index is -0.934. The molecule has 17 heavy (non-hydrogen) atoms. The molecule has 2 rings (SSSR count). The van der Waals surface area contributed by atoms with Crippen molar-refractivity contribution in [2.24, 2.45) is 11.8 Å². The molecule has 5 heteroatoms. The summed E-state index contributed by atoms with van der Waals surface area (Å²) in [5.41, 5.74) is 0.175. The second-order valence-corrected chi connectivity index (χ2v) is 5.89. The summed E-state index contributed by atoms with van der Waals surface area (Å²) in [6.45, 7) is 7.88. The molecule has 1 N–H and O–H groups in total. The van der Waals surface area contributed by atoms with Crippen LogP contribution in [0.15, 0.2) is 5.38 Å². The Labute approximate surface area is 105 Å². The molecule has 0 saturated carbocycles. The van der Waals surface area contributed by atoms with E-state index in [1.165, 1.54) is 24.4 Å².